The molecule has 1 rings (SSSR count). The van der Waals surface area contributed by atoms with E-state index >= 15 is 0 Å². The zero-order valence-corrected chi connectivity index (χ0v) is 10.6. The molecular weight excluding hydrogens is 268 g/mol. The predicted octanol–water partition coefficient (Wildman–Crippen LogP) is -1.14. The highest BCUT2D eigenvalue weighted by atomic mass is 32.2. The van der Waals surface area contributed by atoms with Gasteiger partial charge in [-0.1, -0.05) is 0 Å². The van der Waals surface area contributed by atoms with Gasteiger partial charge in [-0.15, -0.1) is 0 Å². The quantitative estimate of drug-likeness (QED) is 0.690. The summed E-state index contributed by atoms with van der Waals surface area (Å²) in [6.45, 7) is 0. The molecule has 1 aromatic rings. The van der Waals surface area contributed by atoms with E-state index in [1.165, 1.54) is 0 Å². The van der Waals surface area contributed by atoms with Crippen molar-refractivity contribution in [2.24, 2.45) is 0 Å². The average Bonchev–Trinajstić information content (AvgIpc) is 2.14. The van der Waals surface area contributed by atoms with E-state index < -0.39 is 31.2 Å². The molecule has 8 heteroatoms. The molecule has 0 radical (unpaired) electrons. The molecule has 0 aliphatic heterocycles. The zero-order valence-electron chi connectivity index (χ0n) is 9.00. The van der Waals surface area contributed by atoms with Crippen LogP contribution in [-0.4, -0.2) is 35.3 Å². The second-order valence-corrected chi connectivity index (χ2v) is 7.56. The minimum Gasteiger partial charge on any atom is -0.545 e. The molecule has 0 spiro atoms. The van der Waals surface area contributed by atoms with Crippen LogP contribution in [0.3, 0.4) is 0 Å². The highest BCUT2D eigenvalue weighted by Gasteiger charge is 2.15. The molecular formula is C9H9O6S2-. The topological polar surface area (TPSA) is 108 Å². The summed E-state index contributed by atoms with van der Waals surface area (Å²) in [6, 6.07) is 2.63. The molecule has 0 aliphatic carbocycles. The van der Waals surface area contributed by atoms with Gasteiger partial charge in [-0.2, -0.15) is 0 Å². The first-order chi connectivity index (χ1) is 7.51. The van der Waals surface area contributed by atoms with Crippen molar-refractivity contribution in [3.05, 3.63) is 23.8 Å². The fourth-order valence-corrected chi connectivity index (χ4v) is 2.56. The van der Waals surface area contributed by atoms with Gasteiger partial charge >= 0.3 is 0 Å². The lowest BCUT2D eigenvalue weighted by Crippen LogP contribution is -2.23. The Balaban J connectivity index is 3.68. The maximum atomic E-state index is 11.3. The van der Waals surface area contributed by atoms with Gasteiger partial charge in [0.05, 0.1) is 15.8 Å². The third-order valence-electron chi connectivity index (χ3n) is 1.97. The van der Waals surface area contributed by atoms with Crippen LogP contribution in [0.2, 0.25) is 0 Å². The van der Waals surface area contributed by atoms with Crippen molar-refractivity contribution in [3.8, 4) is 0 Å². The van der Waals surface area contributed by atoms with Gasteiger partial charge in [0.25, 0.3) is 0 Å². The Morgan fingerprint density at radius 3 is 1.53 bits per heavy atom. The normalized spacial score (nSPS) is 12.4. The maximum Gasteiger partial charge on any atom is 0.175 e. The van der Waals surface area contributed by atoms with Crippen molar-refractivity contribution in [1.82, 2.24) is 0 Å². The summed E-state index contributed by atoms with van der Waals surface area (Å²) in [5.41, 5.74) is -0.492. The van der Waals surface area contributed by atoms with Crippen molar-refractivity contribution in [3.63, 3.8) is 0 Å². The van der Waals surface area contributed by atoms with Gasteiger partial charge in [-0.25, -0.2) is 16.8 Å². The first kappa shape index (κ1) is 13.7. The molecule has 0 atom stereocenters. The fourth-order valence-electron chi connectivity index (χ4n) is 1.12. The lowest BCUT2D eigenvalue weighted by molar-refractivity contribution is -0.255. The molecule has 0 aliphatic rings. The molecule has 1 aromatic carbocycles. The van der Waals surface area contributed by atoms with Crippen molar-refractivity contribution >= 4 is 25.6 Å². The Morgan fingerprint density at radius 2 is 1.29 bits per heavy atom. The molecule has 6 nitrogen and oxygen atoms in total. The van der Waals surface area contributed by atoms with Crippen LogP contribution in [0.1, 0.15) is 10.4 Å². The summed E-state index contributed by atoms with van der Waals surface area (Å²) in [6.07, 6.45) is 1.71. The van der Waals surface area contributed by atoms with Crippen molar-refractivity contribution in [1.29, 1.82) is 0 Å². The van der Waals surface area contributed by atoms with E-state index in [0.29, 0.717) is 0 Å². The van der Waals surface area contributed by atoms with Crippen LogP contribution in [0.4, 0.5) is 0 Å². The van der Waals surface area contributed by atoms with E-state index in [-0.39, 0.29) is 9.79 Å². The number of carboxylic acid groups (broad SMARTS) is 1. The molecule has 0 fully saturated rings. The lowest BCUT2D eigenvalue weighted by atomic mass is 10.2. The number of benzene rings is 1. The molecule has 0 saturated carbocycles. The number of carbonyl (C=O) groups is 1. The summed E-state index contributed by atoms with van der Waals surface area (Å²) in [5, 5.41) is 10.7. The summed E-state index contributed by atoms with van der Waals surface area (Å²) in [7, 11) is -7.39. The van der Waals surface area contributed by atoms with Crippen molar-refractivity contribution in [2.45, 2.75) is 9.79 Å². The minimum atomic E-state index is -3.70. The highest BCUT2D eigenvalue weighted by Crippen LogP contribution is 2.18. The van der Waals surface area contributed by atoms with E-state index in [0.717, 1.165) is 30.7 Å². The van der Waals surface area contributed by atoms with Crippen molar-refractivity contribution in [2.75, 3.05) is 12.5 Å². The Kier molecular flexibility index (Phi) is 3.30. The predicted molar refractivity (Wildman–Crippen MR) is 57.0 cm³/mol. The number of hydrogen-bond donors (Lipinski definition) is 0. The Morgan fingerprint density at radius 1 is 0.941 bits per heavy atom. The molecule has 0 bridgehead atoms. The molecule has 0 saturated heterocycles. The second-order valence-electron chi connectivity index (χ2n) is 3.52. The van der Waals surface area contributed by atoms with E-state index in [1.807, 2.05) is 0 Å². The molecule has 0 aromatic heterocycles. The first-order valence-corrected chi connectivity index (χ1v) is 8.06. The molecule has 0 unspecified atom stereocenters. The number of rotatable bonds is 3. The molecule has 17 heavy (non-hydrogen) atoms. The van der Waals surface area contributed by atoms with Gasteiger partial charge in [0.1, 0.15) is 0 Å². The van der Waals surface area contributed by atoms with Crippen LogP contribution < -0.4 is 5.11 Å². The lowest BCUT2D eigenvalue weighted by Gasteiger charge is -2.08. The van der Waals surface area contributed by atoms with Crippen LogP contribution in [0.25, 0.3) is 0 Å². The monoisotopic (exact) mass is 277 g/mol. The van der Waals surface area contributed by atoms with Gasteiger partial charge in [-0.05, 0) is 23.8 Å². The largest absolute Gasteiger partial charge is 0.545 e. The van der Waals surface area contributed by atoms with E-state index in [1.54, 1.807) is 0 Å². The van der Waals surface area contributed by atoms with Gasteiger partial charge < -0.3 is 9.90 Å². The van der Waals surface area contributed by atoms with Crippen LogP contribution in [0.5, 0.6) is 0 Å². The molecule has 0 heterocycles. The molecule has 94 valence electrons. The summed E-state index contributed by atoms with van der Waals surface area (Å²) in [4.78, 5) is 9.91. The Bertz CT molecular complexity index is 619. The number of sulfone groups is 2. The number of carbonyl (C=O) groups excluding carboxylic acids is 1. The van der Waals surface area contributed by atoms with Crippen LogP contribution in [-0.2, 0) is 19.7 Å². The first-order valence-electron chi connectivity index (χ1n) is 4.28. The summed E-state index contributed by atoms with van der Waals surface area (Å²) < 4.78 is 45.1. The van der Waals surface area contributed by atoms with Crippen LogP contribution >= 0.6 is 0 Å². The van der Waals surface area contributed by atoms with E-state index in [2.05, 4.69) is 0 Å². The number of hydrogen-bond acceptors (Lipinski definition) is 6. The minimum absolute atomic E-state index is 0.375. The highest BCUT2D eigenvalue weighted by molar-refractivity contribution is 7.91. The second kappa shape index (κ2) is 4.11. The van der Waals surface area contributed by atoms with E-state index in [9.17, 15) is 26.7 Å². The smallest absolute Gasteiger partial charge is 0.175 e. The van der Waals surface area contributed by atoms with Crippen molar-refractivity contribution < 1.29 is 26.7 Å². The molecule has 0 N–H and O–H groups in total. The average molecular weight is 277 g/mol. The third kappa shape index (κ3) is 3.27. The van der Waals surface area contributed by atoms with Crippen LogP contribution in [0, 0.1) is 0 Å². The number of carboxylic acids is 1. The molecule has 0 amide bonds. The van der Waals surface area contributed by atoms with E-state index in [4.69, 9.17) is 0 Å². The maximum absolute atomic E-state index is 11.3. The zero-order chi connectivity index (χ0) is 13.4. The standard InChI is InChI=1S/C9H10O6S2/c1-16(12,13)7-3-6(9(10)11)4-8(5-7)17(2,14)15/h3-5H,1-2H3,(H,10,11)/p-1. The van der Waals surface area contributed by atoms with Crippen LogP contribution in [0.15, 0.2) is 28.0 Å². The Labute approximate surface area is 98.7 Å². The van der Waals surface area contributed by atoms with Gasteiger partial charge in [0, 0.05) is 12.5 Å². The van der Waals surface area contributed by atoms with Gasteiger partial charge in [-0.3, -0.25) is 0 Å². The summed E-state index contributed by atoms with van der Waals surface area (Å²) in [5.74, 6) is -1.64. The van der Waals surface area contributed by atoms with Gasteiger partial charge in [0.15, 0.2) is 19.7 Å². The fraction of sp³-hybridized carbons (Fsp3) is 0.222. The summed E-state index contributed by atoms with van der Waals surface area (Å²) >= 11 is 0. The Hall–Kier alpha value is -1.41. The third-order valence-corrected chi connectivity index (χ3v) is 4.16. The number of aromatic carboxylic acids is 1. The SMILES string of the molecule is CS(=O)(=O)c1cc(C(=O)[O-])cc(S(C)(=O)=O)c1. The van der Waals surface area contributed by atoms with Gasteiger partial charge in [0.2, 0.25) is 0 Å².